The van der Waals surface area contributed by atoms with Gasteiger partial charge in [0, 0.05) is 47.5 Å². The first kappa shape index (κ1) is 23.0. The van der Waals surface area contributed by atoms with Crippen molar-refractivity contribution in [3.63, 3.8) is 0 Å². The Labute approximate surface area is 172 Å². The summed E-state index contributed by atoms with van der Waals surface area (Å²) in [5, 5.41) is 27.7. The minimum absolute atomic E-state index is 0. The number of phenolic OH excluding ortho intramolecular Hbond substituents is 2. The van der Waals surface area contributed by atoms with Gasteiger partial charge in [-0.1, -0.05) is 12.1 Å². The van der Waals surface area contributed by atoms with Crippen molar-refractivity contribution in [2.45, 2.75) is 6.92 Å². The van der Waals surface area contributed by atoms with Gasteiger partial charge in [-0.25, -0.2) is 0 Å². The van der Waals surface area contributed by atoms with Crippen molar-refractivity contribution >= 4 is 18.4 Å². The molecule has 0 fully saturated rings. The molecule has 28 heavy (non-hydrogen) atoms. The normalized spacial score (nSPS) is 12.6. The first-order chi connectivity index (χ1) is 13.0. The Morgan fingerprint density at radius 2 is 1.29 bits per heavy atom. The van der Waals surface area contributed by atoms with Gasteiger partial charge in [0.25, 0.3) is 5.97 Å². The molecule has 3 rings (SSSR count). The van der Waals surface area contributed by atoms with Crippen molar-refractivity contribution in [2.75, 3.05) is 19.9 Å². The van der Waals surface area contributed by atoms with Crippen LogP contribution in [0.3, 0.4) is 0 Å². The number of hydrogen-bond acceptors (Lipinski definition) is 7. The summed E-state index contributed by atoms with van der Waals surface area (Å²) < 4.78 is 10.9. The number of carboxylic acid groups (broad SMARTS) is 1. The molecule has 2 aromatic rings. The molecule has 1 aliphatic heterocycles. The van der Waals surface area contributed by atoms with Crippen LogP contribution in [-0.4, -0.2) is 53.6 Å². The number of carboxylic acids is 1. The second kappa shape index (κ2) is 11.6. The molecule has 3 N–H and O–H groups in total. The maximum absolute atomic E-state index is 10.2. The Balaban J connectivity index is 0.000000717. The molecule has 1 heterocycles. The number of hydrogen-bond donors (Lipinski definition) is 3. The van der Waals surface area contributed by atoms with Crippen LogP contribution in [-0.2, 0) is 21.9 Å². The quantitative estimate of drug-likeness (QED) is 0.556. The number of phenols is 2. The second-order valence-corrected chi connectivity index (χ2v) is 5.38. The number of aromatic hydroxyl groups is 2. The van der Waals surface area contributed by atoms with E-state index in [2.05, 4.69) is 9.98 Å². The fraction of sp³-hybridized carbons (Fsp3) is 0.211. The predicted octanol–water partition coefficient (Wildman–Crippen LogP) is 2.45. The van der Waals surface area contributed by atoms with Crippen molar-refractivity contribution in [3.05, 3.63) is 47.5 Å². The first-order valence-corrected chi connectivity index (χ1v) is 8.07. The third-order valence-electron chi connectivity index (χ3n) is 3.31. The summed E-state index contributed by atoms with van der Waals surface area (Å²) in [6, 6.07) is 10.3. The second-order valence-electron chi connectivity index (χ2n) is 5.38. The SMILES string of the molecule is CC(=O)O.Oc1c2cccc1OCOc1cccc(c1O)C=NCCN=C2.[Mn]. The van der Waals surface area contributed by atoms with E-state index in [1.807, 2.05) is 0 Å². The van der Waals surface area contributed by atoms with Crippen LogP contribution < -0.4 is 9.47 Å². The zero-order chi connectivity index (χ0) is 19.6. The van der Waals surface area contributed by atoms with E-state index in [1.165, 1.54) is 0 Å². The van der Waals surface area contributed by atoms with Gasteiger partial charge in [0.2, 0.25) is 6.79 Å². The molecule has 9 heteroatoms. The molecule has 4 bridgehead atoms. The first-order valence-electron chi connectivity index (χ1n) is 8.07. The number of carbonyl (C=O) groups is 1. The Hall–Kier alpha value is -3.03. The topological polar surface area (TPSA) is 121 Å². The molecule has 1 aliphatic rings. The third-order valence-corrected chi connectivity index (χ3v) is 3.31. The van der Waals surface area contributed by atoms with Gasteiger partial charge < -0.3 is 24.8 Å². The van der Waals surface area contributed by atoms with E-state index in [1.54, 1.807) is 48.8 Å². The number of aliphatic imine (C=N–C) groups is 2. The van der Waals surface area contributed by atoms with Crippen LogP contribution in [0.2, 0.25) is 0 Å². The van der Waals surface area contributed by atoms with Gasteiger partial charge in [0.05, 0.1) is 13.1 Å². The van der Waals surface area contributed by atoms with Crippen LogP contribution in [0.4, 0.5) is 0 Å². The molecule has 0 saturated carbocycles. The van der Waals surface area contributed by atoms with Crippen LogP contribution in [0.5, 0.6) is 23.0 Å². The predicted molar refractivity (Wildman–Crippen MR) is 101 cm³/mol. The summed E-state index contributed by atoms with van der Waals surface area (Å²) in [4.78, 5) is 17.4. The van der Waals surface area contributed by atoms with Crippen LogP contribution in [0.25, 0.3) is 0 Å². The Morgan fingerprint density at radius 3 is 1.68 bits per heavy atom. The van der Waals surface area contributed by atoms with Gasteiger partial charge in [-0.2, -0.15) is 0 Å². The molecule has 8 nitrogen and oxygen atoms in total. The number of fused-ring (bicyclic) bond motifs is 4. The van der Waals surface area contributed by atoms with Crippen LogP contribution >= 0.6 is 0 Å². The van der Waals surface area contributed by atoms with Crippen molar-refractivity contribution in [1.82, 2.24) is 0 Å². The smallest absolute Gasteiger partial charge is 0.300 e. The molecular formula is C19H20MnN2O6. The fourth-order valence-electron chi connectivity index (χ4n) is 2.12. The Bertz CT molecular complexity index is 787. The number of ether oxygens (including phenoxy) is 2. The maximum atomic E-state index is 10.2. The average Bonchev–Trinajstić information content (AvgIpc) is 2.62. The van der Waals surface area contributed by atoms with Crippen LogP contribution in [0.15, 0.2) is 46.4 Å². The standard InChI is InChI=1S/C17H16N2O4.C2H4O2.Mn/c20-16-12-3-1-5-14(16)22-11-23-15-6-2-4-13(17(15)21)10-19-8-7-18-9-12;1-2(3)4;/h1-6,9-10,20-21H,7-8,11H2;1H3,(H,3,4);. The zero-order valence-electron chi connectivity index (χ0n) is 15.1. The molecule has 0 amide bonds. The maximum Gasteiger partial charge on any atom is 0.300 e. The zero-order valence-corrected chi connectivity index (χ0v) is 16.3. The van der Waals surface area contributed by atoms with Crippen molar-refractivity contribution in [2.24, 2.45) is 9.98 Å². The molecule has 0 saturated heterocycles. The van der Waals surface area contributed by atoms with Crippen molar-refractivity contribution < 1.29 is 46.7 Å². The largest absolute Gasteiger partial charge is 0.504 e. The van der Waals surface area contributed by atoms with Gasteiger partial charge in [-0.15, -0.1) is 0 Å². The minimum atomic E-state index is -0.833. The number of para-hydroxylation sites is 2. The monoisotopic (exact) mass is 427 g/mol. The minimum Gasteiger partial charge on any atom is -0.504 e. The van der Waals surface area contributed by atoms with Crippen LogP contribution in [0, 0.1) is 0 Å². The van der Waals surface area contributed by atoms with Crippen LogP contribution in [0.1, 0.15) is 18.1 Å². The van der Waals surface area contributed by atoms with Crippen molar-refractivity contribution in [1.29, 1.82) is 0 Å². The fourth-order valence-corrected chi connectivity index (χ4v) is 2.12. The molecule has 0 spiro atoms. The van der Waals surface area contributed by atoms with E-state index >= 15 is 0 Å². The Morgan fingerprint density at radius 1 is 0.893 bits per heavy atom. The van der Waals surface area contributed by atoms with E-state index < -0.39 is 5.97 Å². The van der Waals surface area contributed by atoms with E-state index in [0.717, 1.165) is 6.92 Å². The van der Waals surface area contributed by atoms with E-state index in [0.29, 0.717) is 24.2 Å². The van der Waals surface area contributed by atoms with Gasteiger partial charge in [0.1, 0.15) is 0 Å². The summed E-state index contributed by atoms with van der Waals surface area (Å²) >= 11 is 0. The summed E-state index contributed by atoms with van der Waals surface area (Å²) in [7, 11) is 0. The van der Waals surface area contributed by atoms with Crippen molar-refractivity contribution in [3.8, 4) is 23.0 Å². The van der Waals surface area contributed by atoms with Gasteiger partial charge in [-0.3, -0.25) is 14.8 Å². The third kappa shape index (κ3) is 6.94. The van der Waals surface area contributed by atoms with Gasteiger partial charge in [-0.05, 0) is 24.3 Å². The molecule has 0 aromatic heterocycles. The molecule has 0 aliphatic carbocycles. The number of rotatable bonds is 0. The van der Waals surface area contributed by atoms with Gasteiger partial charge in [0.15, 0.2) is 23.0 Å². The summed E-state index contributed by atoms with van der Waals surface area (Å²) in [5.41, 5.74) is 1.12. The van der Waals surface area contributed by atoms with E-state index in [-0.39, 0.29) is 46.9 Å². The molecule has 0 unspecified atom stereocenters. The average molecular weight is 427 g/mol. The molecule has 2 aromatic carbocycles. The summed E-state index contributed by atoms with van der Waals surface area (Å²) in [6.45, 7) is 1.87. The van der Waals surface area contributed by atoms with Gasteiger partial charge >= 0.3 is 0 Å². The molecular weight excluding hydrogens is 407 g/mol. The Kier molecular flexibility index (Phi) is 9.56. The number of aliphatic carboxylic acids is 1. The number of benzene rings is 2. The number of nitrogens with zero attached hydrogens (tertiary/aromatic N) is 2. The molecule has 0 atom stereocenters. The summed E-state index contributed by atoms with van der Waals surface area (Å²) in [6.07, 6.45) is 3.16. The van der Waals surface area contributed by atoms with E-state index in [9.17, 15) is 10.2 Å². The summed E-state index contributed by atoms with van der Waals surface area (Å²) in [5.74, 6) is -0.265. The van der Waals surface area contributed by atoms with E-state index in [4.69, 9.17) is 19.4 Å². The molecule has 149 valence electrons. The molecule has 1 radical (unpaired) electrons.